The highest BCUT2D eigenvalue weighted by Crippen LogP contribution is 2.25. The summed E-state index contributed by atoms with van der Waals surface area (Å²) in [6, 6.07) is 5.96. The number of halogens is 3. The minimum absolute atomic E-state index is 0.0533. The van der Waals surface area contributed by atoms with E-state index < -0.39 is 29.2 Å². The Balaban J connectivity index is 1.98. The van der Waals surface area contributed by atoms with Gasteiger partial charge in [0, 0.05) is 18.8 Å². The number of nitrogens with zero attached hydrogens (tertiary/aromatic N) is 3. The quantitative estimate of drug-likeness (QED) is 0.609. The SMILES string of the molecule is CCOC(=O)c1cn(-c2ccc(F)cc2F)c2nc(N3CCC(F)C3)ccc2c1=O. The predicted octanol–water partition coefficient (Wildman–Crippen LogP) is 3.39. The van der Waals surface area contributed by atoms with Crippen molar-refractivity contribution in [2.45, 2.75) is 19.5 Å². The summed E-state index contributed by atoms with van der Waals surface area (Å²) < 4.78 is 47.8. The molecule has 1 saturated heterocycles. The van der Waals surface area contributed by atoms with Crippen molar-refractivity contribution in [3.05, 3.63) is 63.9 Å². The highest BCUT2D eigenvalue weighted by molar-refractivity contribution is 5.93. The lowest BCUT2D eigenvalue weighted by atomic mass is 10.1. The maximum Gasteiger partial charge on any atom is 0.343 e. The third-order valence-electron chi connectivity index (χ3n) is 4.96. The van der Waals surface area contributed by atoms with Crippen molar-refractivity contribution in [3.8, 4) is 5.69 Å². The zero-order valence-corrected chi connectivity index (χ0v) is 16.1. The number of anilines is 1. The van der Waals surface area contributed by atoms with Crippen LogP contribution in [0, 0.1) is 11.6 Å². The molecule has 156 valence electrons. The number of ether oxygens (including phenoxy) is 1. The molecule has 0 amide bonds. The number of pyridine rings is 2. The molecule has 0 spiro atoms. The molecule has 9 heteroatoms. The predicted molar refractivity (Wildman–Crippen MR) is 105 cm³/mol. The third kappa shape index (κ3) is 3.51. The zero-order chi connectivity index (χ0) is 21.4. The van der Waals surface area contributed by atoms with Gasteiger partial charge in [-0.3, -0.25) is 9.36 Å². The van der Waals surface area contributed by atoms with Gasteiger partial charge in [-0.15, -0.1) is 0 Å². The Morgan fingerprint density at radius 1 is 1.27 bits per heavy atom. The maximum absolute atomic E-state index is 14.6. The van der Waals surface area contributed by atoms with E-state index in [0.717, 1.165) is 12.3 Å². The lowest BCUT2D eigenvalue weighted by Gasteiger charge is -2.19. The lowest BCUT2D eigenvalue weighted by molar-refractivity contribution is 0.0524. The van der Waals surface area contributed by atoms with E-state index in [9.17, 15) is 22.8 Å². The van der Waals surface area contributed by atoms with Crippen LogP contribution in [-0.2, 0) is 4.74 Å². The molecule has 0 saturated carbocycles. The van der Waals surface area contributed by atoms with Gasteiger partial charge in [-0.2, -0.15) is 0 Å². The van der Waals surface area contributed by atoms with Crippen LogP contribution in [0.25, 0.3) is 16.7 Å². The first-order chi connectivity index (χ1) is 14.4. The standard InChI is InChI=1S/C21H18F3N3O3/c1-2-30-21(29)15-11-27(17-5-3-12(22)9-16(17)24)20-14(19(15)28)4-6-18(25-20)26-8-7-13(23)10-26/h3-6,9,11,13H,2,7-8,10H2,1H3. The molecule has 0 aliphatic carbocycles. The van der Waals surface area contributed by atoms with E-state index in [1.807, 2.05) is 0 Å². The number of carbonyl (C=O) groups excluding carboxylic acids is 1. The van der Waals surface area contributed by atoms with Crippen LogP contribution in [0.5, 0.6) is 0 Å². The zero-order valence-electron chi connectivity index (χ0n) is 16.1. The Morgan fingerprint density at radius 3 is 2.73 bits per heavy atom. The molecule has 3 aromatic rings. The van der Waals surface area contributed by atoms with E-state index in [1.54, 1.807) is 17.9 Å². The van der Waals surface area contributed by atoms with Crippen LogP contribution in [-0.4, -0.2) is 41.4 Å². The van der Waals surface area contributed by atoms with Gasteiger partial charge in [0.15, 0.2) is 5.65 Å². The van der Waals surface area contributed by atoms with E-state index in [4.69, 9.17) is 4.74 Å². The van der Waals surface area contributed by atoms with Crippen molar-refractivity contribution < 1.29 is 22.7 Å². The summed E-state index contributed by atoms with van der Waals surface area (Å²) in [5, 5.41) is 0.0593. The summed E-state index contributed by atoms with van der Waals surface area (Å²) in [5.74, 6) is -2.11. The second kappa shape index (κ2) is 7.81. The maximum atomic E-state index is 14.6. The molecule has 3 heterocycles. The Morgan fingerprint density at radius 2 is 2.07 bits per heavy atom. The molecule has 1 unspecified atom stereocenters. The molecule has 4 rings (SSSR count). The fourth-order valence-electron chi connectivity index (χ4n) is 3.51. The van der Waals surface area contributed by atoms with Gasteiger partial charge >= 0.3 is 5.97 Å². The van der Waals surface area contributed by atoms with Crippen molar-refractivity contribution in [1.82, 2.24) is 9.55 Å². The fraction of sp³-hybridized carbons (Fsp3) is 0.286. The number of hydrogen-bond donors (Lipinski definition) is 0. The minimum atomic E-state index is -0.981. The number of fused-ring (bicyclic) bond motifs is 1. The molecule has 1 atom stereocenters. The molecule has 6 nitrogen and oxygen atoms in total. The summed E-state index contributed by atoms with van der Waals surface area (Å²) in [4.78, 5) is 31.3. The van der Waals surface area contributed by atoms with Crippen molar-refractivity contribution in [3.63, 3.8) is 0 Å². The van der Waals surface area contributed by atoms with Crippen LogP contribution in [0.1, 0.15) is 23.7 Å². The van der Waals surface area contributed by atoms with Crippen molar-refractivity contribution >= 4 is 22.8 Å². The number of benzene rings is 1. The average Bonchev–Trinajstić information content (AvgIpc) is 3.15. The van der Waals surface area contributed by atoms with Crippen LogP contribution in [0.3, 0.4) is 0 Å². The lowest BCUT2D eigenvalue weighted by Crippen LogP contribution is -2.24. The molecule has 1 aromatic carbocycles. The molecule has 1 aliphatic rings. The topological polar surface area (TPSA) is 64.4 Å². The summed E-state index contributed by atoms with van der Waals surface area (Å²) in [6.07, 6.45) is 0.518. The first kappa shape index (κ1) is 19.9. The Bertz CT molecular complexity index is 1200. The van der Waals surface area contributed by atoms with Gasteiger partial charge in [0.1, 0.15) is 29.2 Å². The minimum Gasteiger partial charge on any atom is -0.462 e. The molecule has 1 aliphatic heterocycles. The fourth-order valence-corrected chi connectivity index (χ4v) is 3.51. The second-order valence-corrected chi connectivity index (χ2v) is 6.93. The highest BCUT2D eigenvalue weighted by atomic mass is 19.1. The van der Waals surface area contributed by atoms with Crippen LogP contribution in [0.2, 0.25) is 0 Å². The van der Waals surface area contributed by atoms with E-state index in [0.29, 0.717) is 24.8 Å². The average molecular weight is 417 g/mol. The first-order valence-corrected chi connectivity index (χ1v) is 9.47. The van der Waals surface area contributed by atoms with Crippen LogP contribution >= 0.6 is 0 Å². The van der Waals surface area contributed by atoms with Gasteiger partial charge < -0.3 is 9.64 Å². The van der Waals surface area contributed by atoms with E-state index in [2.05, 4.69) is 4.98 Å². The van der Waals surface area contributed by atoms with Crippen molar-refractivity contribution in [2.24, 2.45) is 0 Å². The van der Waals surface area contributed by atoms with Gasteiger partial charge in [0.05, 0.1) is 24.2 Å². The summed E-state index contributed by atoms with van der Waals surface area (Å²) >= 11 is 0. The summed E-state index contributed by atoms with van der Waals surface area (Å²) in [6.45, 7) is 2.27. The number of alkyl halides is 1. The second-order valence-electron chi connectivity index (χ2n) is 6.93. The molecule has 0 radical (unpaired) electrons. The monoisotopic (exact) mass is 417 g/mol. The van der Waals surface area contributed by atoms with E-state index in [1.165, 1.54) is 16.7 Å². The Labute approximate surface area is 169 Å². The smallest absolute Gasteiger partial charge is 0.343 e. The summed E-state index contributed by atoms with van der Waals surface area (Å²) in [5.41, 5.74) is -0.946. The van der Waals surface area contributed by atoms with Gasteiger partial charge in [0.2, 0.25) is 5.43 Å². The molecule has 0 N–H and O–H groups in total. The number of rotatable bonds is 4. The molecule has 1 fully saturated rings. The molecule has 2 aromatic heterocycles. The normalized spacial score (nSPS) is 16.3. The number of hydrogen-bond acceptors (Lipinski definition) is 5. The third-order valence-corrected chi connectivity index (χ3v) is 4.96. The van der Waals surface area contributed by atoms with Crippen LogP contribution in [0.4, 0.5) is 19.0 Å². The van der Waals surface area contributed by atoms with Crippen molar-refractivity contribution in [1.29, 1.82) is 0 Å². The largest absolute Gasteiger partial charge is 0.462 e. The number of aromatic nitrogens is 2. The van der Waals surface area contributed by atoms with Crippen LogP contribution < -0.4 is 10.3 Å². The van der Waals surface area contributed by atoms with E-state index >= 15 is 0 Å². The van der Waals surface area contributed by atoms with Gasteiger partial charge in [-0.25, -0.2) is 22.9 Å². The first-order valence-electron chi connectivity index (χ1n) is 9.47. The van der Waals surface area contributed by atoms with E-state index in [-0.39, 0.29) is 35.4 Å². The molecule has 30 heavy (non-hydrogen) atoms. The molecular formula is C21H18F3N3O3. The molecule has 0 bridgehead atoms. The van der Waals surface area contributed by atoms with Gasteiger partial charge in [-0.05, 0) is 37.6 Å². The van der Waals surface area contributed by atoms with Gasteiger partial charge in [0.25, 0.3) is 0 Å². The number of carbonyl (C=O) groups is 1. The number of esters is 1. The van der Waals surface area contributed by atoms with Gasteiger partial charge in [-0.1, -0.05) is 0 Å². The van der Waals surface area contributed by atoms with Crippen molar-refractivity contribution in [2.75, 3.05) is 24.6 Å². The summed E-state index contributed by atoms with van der Waals surface area (Å²) in [7, 11) is 0. The Kier molecular flexibility index (Phi) is 5.19. The van der Waals surface area contributed by atoms with Crippen LogP contribution in [0.15, 0.2) is 41.3 Å². The Hall–Kier alpha value is -3.36. The highest BCUT2D eigenvalue weighted by Gasteiger charge is 2.25. The molecular weight excluding hydrogens is 399 g/mol.